The lowest BCUT2D eigenvalue weighted by Crippen LogP contribution is -2.29. The molecule has 0 spiro atoms. The Hall–Kier alpha value is -0.830. The minimum Gasteiger partial charge on any atom is -0.271 e. The van der Waals surface area contributed by atoms with Crippen LogP contribution in [0.1, 0.15) is 13.8 Å². The second-order valence-corrected chi connectivity index (χ2v) is 1.65. The van der Waals surface area contributed by atoms with Gasteiger partial charge < -0.3 is 0 Å². The van der Waals surface area contributed by atoms with Gasteiger partial charge in [-0.3, -0.25) is 9.63 Å². The van der Waals surface area contributed by atoms with Gasteiger partial charge >= 0.3 is 0 Å². The number of hydrogen-bond donors (Lipinski definition) is 0. The number of hydrogen-bond acceptors (Lipinski definition) is 2. The highest BCUT2D eigenvalue weighted by Crippen LogP contribution is 1.90. The molecule has 0 fully saturated rings. The number of likely N-dealkylation sites (N-methyl/N-ethyl adjacent to an activating group) is 1. The maximum Gasteiger partial charge on any atom is 0.269 e. The maximum absolute atomic E-state index is 10.8. The van der Waals surface area contributed by atoms with E-state index in [1.807, 2.05) is 13.8 Å². The van der Waals surface area contributed by atoms with E-state index in [-0.39, 0.29) is 5.91 Å². The Bertz CT molecular complexity index is 123. The fraction of sp³-hybridized carbons (Fsp3) is 0.571. The minimum absolute atomic E-state index is 0.190. The summed E-state index contributed by atoms with van der Waals surface area (Å²) in [5, 5.41) is 1.27. The van der Waals surface area contributed by atoms with Gasteiger partial charge in [0.25, 0.3) is 5.91 Å². The van der Waals surface area contributed by atoms with Crippen LogP contribution in [0.4, 0.5) is 0 Å². The van der Waals surface area contributed by atoms with E-state index in [0.29, 0.717) is 13.2 Å². The largest absolute Gasteiger partial charge is 0.271 e. The summed E-state index contributed by atoms with van der Waals surface area (Å²) in [5.74, 6) is -0.190. The minimum atomic E-state index is -0.190. The summed E-state index contributed by atoms with van der Waals surface area (Å²) in [6.07, 6.45) is 1.24. The van der Waals surface area contributed by atoms with Crippen LogP contribution in [0.25, 0.3) is 0 Å². The first-order chi connectivity index (χ1) is 4.76. The topological polar surface area (TPSA) is 29.5 Å². The molecular formula is C7H13NO2. The molecule has 0 aromatic rings. The maximum atomic E-state index is 10.8. The van der Waals surface area contributed by atoms with Crippen LogP contribution in [0, 0.1) is 0 Å². The smallest absolute Gasteiger partial charge is 0.269 e. The van der Waals surface area contributed by atoms with Gasteiger partial charge in [0.1, 0.15) is 0 Å². The Balaban J connectivity index is 3.79. The summed E-state index contributed by atoms with van der Waals surface area (Å²) >= 11 is 0. The number of amides is 1. The van der Waals surface area contributed by atoms with Gasteiger partial charge in [-0.05, 0) is 19.9 Å². The van der Waals surface area contributed by atoms with Gasteiger partial charge in [-0.25, -0.2) is 5.06 Å². The first-order valence-corrected chi connectivity index (χ1v) is 3.33. The normalized spacial score (nSPS) is 9.00. The predicted octanol–water partition coefficient (Wildman–Crippen LogP) is 0.972. The molecule has 0 rings (SSSR count). The van der Waals surface area contributed by atoms with Gasteiger partial charge in [-0.1, -0.05) is 6.58 Å². The number of nitrogens with zero attached hydrogens (tertiary/aromatic N) is 1. The third-order valence-corrected chi connectivity index (χ3v) is 0.993. The summed E-state index contributed by atoms with van der Waals surface area (Å²) in [6, 6.07) is 0. The van der Waals surface area contributed by atoms with Crippen LogP contribution in [-0.4, -0.2) is 24.1 Å². The van der Waals surface area contributed by atoms with Crippen molar-refractivity contribution < 1.29 is 9.63 Å². The lowest BCUT2D eigenvalue weighted by atomic mass is 10.5. The van der Waals surface area contributed by atoms with Crippen LogP contribution in [0.2, 0.25) is 0 Å². The van der Waals surface area contributed by atoms with Crippen LogP contribution < -0.4 is 0 Å². The van der Waals surface area contributed by atoms with Crippen LogP contribution in [0.15, 0.2) is 12.7 Å². The molecule has 58 valence electrons. The zero-order valence-corrected chi connectivity index (χ0v) is 6.46. The summed E-state index contributed by atoms with van der Waals surface area (Å²) in [5.41, 5.74) is 0. The molecule has 3 heteroatoms. The van der Waals surface area contributed by atoms with Crippen molar-refractivity contribution in [1.82, 2.24) is 5.06 Å². The molecule has 0 atom stereocenters. The van der Waals surface area contributed by atoms with E-state index < -0.39 is 0 Å². The van der Waals surface area contributed by atoms with Crippen molar-refractivity contribution in [2.75, 3.05) is 13.2 Å². The van der Waals surface area contributed by atoms with Crippen molar-refractivity contribution in [2.45, 2.75) is 13.8 Å². The van der Waals surface area contributed by atoms with Gasteiger partial charge in [-0.15, -0.1) is 0 Å². The van der Waals surface area contributed by atoms with Crippen molar-refractivity contribution >= 4 is 5.91 Å². The van der Waals surface area contributed by atoms with E-state index in [1.165, 1.54) is 11.1 Å². The molecule has 0 radical (unpaired) electrons. The monoisotopic (exact) mass is 143 g/mol. The number of carbonyl (C=O) groups excluding carboxylic acids is 1. The van der Waals surface area contributed by atoms with Gasteiger partial charge in [0, 0.05) is 6.54 Å². The molecule has 0 aliphatic heterocycles. The van der Waals surface area contributed by atoms with Crippen LogP contribution in [0.5, 0.6) is 0 Å². The molecule has 0 N–H and O–H groups in total. The molecule has 0 heterocycles. The van der Waals surface area contributed by atoms with Gasteiger partial charge in [0.15, 0.2) is 0 Å². The molecule has 0 aliphatic rings. The lowest BCUT2D eigenvalue weighted by Gasteiger charge is -2.16. The highest BCUT2D eigenvalue weighted by molar-refractivity contribution is 5.86. The van der Waals surface area contributed by atoms with Gasteiger partial charge in [-0.2, -0.15) is 0 Å². The molecular weight excluding hydrogens is 130 g/mol. The molecule has 10 heavy (non-hydrogen) atoms. The highest BCUT2D eigenvalue weighted by atomic mass is 16.7. The summed E-state index contributed by atoms with van der Waals surface area (Å²) in [7, 11) is 0. The first kappa shape index (κ1) is 9.17. The van der Waals surface area contributed by atoms with E-state index in [1.54, 1.807) is 0 Å². The van der Waals surface area contributed by atoms with Crippen LogP contribution >= 0.6 is 0 Å². The molecule has 0 unspecified atom stereocenters. The lowest BCUT2D eigenvalue weighted by molar-refractivity contribution is -0.177. The zero-order chi connectivity index (χ0) is 7.98. The van der Waals surface area contributed by atoms with Crippen LogP contribution in [0.3, 0.4) is 0 Å². The number of hydroxylamine groups is 2. The Labute approximate surface area is 61.2 Å². The Morgan fingerprint density at radius 3 is 2.60 bits per heavy atom. The molecule has 3 nitrogen and oxygen atoms in total. The van der Waals surface area contributed by atoms with E-state index in [0.717, 1.165) is 0 Å². The summed E-state index contributed by atoms with van der Waals surface area (Å²) < 4.78 is 0. The van der Waals surface area contributed by atoms with E-state index >= 15 is 0 Å². The standard InChI is InChI=1S/C7H13NO2/c1-4-7(9)8(5-2)10-6-3/h4H,1,5-6H2,2-3H3. The number of carbonyl (C=O) groups is 1. The fourth-order valence-electron chi connectivity index (χ4n) is 0.568. The highest BCUT2D eigenvalue weighted by Gasteiger charge is 2.05. The molecule has 0 aromatic heterocycles. The van der Waals surface area contributed by atoms with E-state index in [2.05, 4.69) is 6.58 Å². The van der Waals surface area contributed by atoms with Crippen LogP contribution in [-0.2, 0) is 9.63 Å². The van der Waals surface area contributed by atoms with Crippen molar-refractivity contribution in [3.63, 3.8) is 0 Å². The van der Waals surface area contributed by atoms with Crippen molar-refractivity contribution in [3.05, 3.63) is 12.7 Å². The molecule has 0 saturated carbocycles. The number of rotatable bonds is 4. The Morgan fingerprint density at radius 1 is 1.70 bits per heavy atom. The average molecular weight is 143 g/mol. The zero-order valence-electron chi connectivity index (χ0n) is 6.46. The first-order valence-electron chi connectivity index (χ1n) is 3.33. The Morgan fingerprint density at radius 2 is 2.30 bits per heavy atom. The molecule has 1 amide bonds. The van der Waals surface area contributed by atoms with E-state index in [4.69, 9.17) is 4.84 Å². The SMILES string of the molecule is C=CC(=O)N(CC)OCC. The predicted molar refractivity (Wildman–Crippen MR) is 39.2 cm³/mol. The molecule has 0 aliphatic carbocycles. The summed E-state index contributed by atoms with van der Waals surface area (Å²) in [4.78, 5) is 15.8. The average Bonchev–Trinajstić information content (AvgIpc) is 1.99. The van der Waals surface area contributed by atoms with Gasteiger partial charge in [0.2, 0.25) is 0 Å². The van der Waals surface area contributed by atoms with Gasteiger partial charge in [0.05, 0.1) is 6.61 Å². The van der Waals surface area contributed by atoms with Crippen molar-refractivity contribution in [1.29, 1.82) is 0 Å². The molecule has 0 saturated heterocycles. The van der Waals surface area contributed by atoms with Crippen molar-refractivity contribution in [2.24, 2.45) is 0 Å². The third kappa shape index (κ3) is 2.64. The molecule has 0 bridgehead atoms. The quantitative estimate of drug-likeness (QED) is 0.433. The second kappa shape index (κ2) is 4.99. The fourth-order valence-corrected chi connectivity index (χ4v) is 0.568. The molecule has 0 aromatic carbocycles. The second-order valence-electron chi connectivity index (χ2n) is 1.65. The third-order valence-electron chi connectivity index (χ3n) is 0.993. The Kier molecular flexibility index (Phi) is 4.58. The van der Waals surface area contributed by atoms with Crippen molar-refractivity contribution in [3.8, 4) is 0 Å². The van der Waals surface area contributed by atoms with E-state index in [9.17, 15) is 4.79 Å². The summed E-state index contributed by atoms with van der Waals surface area (Å²) in [6.45, 7) is 8.08.